The third-order valence-electron chi connectivity index (χ3n) is 2.55. The third kappa shape index (κ3) is 4.33. The van der Waals surface area contributed by atoms with Crippen LogP contribution in [0.25, 0.3) is 0 Å². The van der Waals surface area contributed by atoms with Crippen LogP contribution in [0.5, 0.6) is 0 Å². The van der Waals surface area contributed by atoms with Crippen molar-refractivity contribution in [2.24, 2.45) is 0 Å². The molecule has 0 aliphatic heterocycles. The van der Waals surface area contributed by atoms with Crippen LogP contribution in [0, 0.1) is 5.82 Å². The Labute approximate surface area is 121 Å². The van der Waals surface area contributed by atoms with Crippen LogP contribution in [0.2, 0.25) is 5.02 Å². The molecule has 0 saturated heterocycles. The summed E-state index contributed by atoms with van der Waals surface area (Å²) in [4.78, 5) is 11.6. The van der Waals surface area contributed by atoms with Gasteiger partial charge in [-0.2, -0.15) is 0 Å². The lowest BCUT2D eigenvalue weighted by molar-refractivity contribution is -0.121. The Morgan fingerprint density at radius 2 is 1.95 bits per heavy atom. The molecule has 0 spiro atoms. The van der Waals surface area contributed by atoms with Crippen LogP contribution in [0.3, 0.4) is 0 Å². The average molecular weight is 294 g/mol. The monoisotopic (exact) mass is 293 g/mol. The van der Waals surface area contributed by atoms with Gasteiger partial charge in [0.05, 0.1) is 11.6 Å². The molecular weight excluding hydrogens is 281 g/mol. The number of carbonyl (C=O) groups excluding carboxylic acids is 1. The molecular formula is C15H13ClFNO2. The highest BCUT2D eigenvalue weighted by atomic mass is 35.5. The van der Waals surface area contributed by atoms with Crippen molar-refractivity contribution in [3.8, 4) is 0 Å². The zero-order valence-corrected chi connectivity index (χ0v) is 11.4. The fourth-order valence-corrected chi connectivity index (χ4v) is 1.79. The van der Waals surface area contributed by atoms with Crippen molar-refractivity contribution in [3.63, 3.8) is 0 Å². The normalized spacial score (nSPS) is 10.3. The highest BCUT2D eigenvalue weighted by molar-refractivity contribution is 6.31. The van der Waals surface area contributed by atoms with Gasteiger partial charge in [-0.05, 0) is 23.8 Å². The lowest BCUT2D eigenvalue weighted by Crippen LogP contribution is -2.18. The number of ether oxygens (including phenoxy) is 1. The number of hydrogen-bond acceptors (Lipinski definition) is 2. The Kier molecular flexibility index (Phi) is 5.09. The van der Waals surface area contributed by atoms with Crippen LogP contribution in [0.15, 0.2) is 48.5 Å². The second-order valence-electron chi connectivity index (χ2n) is 4.16. The van der Waals surface area contributed by atoms with E-state index in [4.69, 9.17) is 16.3 Å². The lowest BCUT2D eigenvalue weighted by Gasteiger charge is -2.07. The molecule has 5 heteroatoms. The first-order valence-electron chi connectivity index (χ1n) is 6.02. The molecule has 20 heavy (non-hydrogen) atoms. The maximum atomic E-state index is 13.0. The number of carbonyl (C=O) groups is 1. The van der Waals surface area contributed by atoms with Gasteiger partial charge < -0.3 is 10.1 Å². The molecule has 3 nitrogen and oxygen atoms in total. The van der Waals surface area contributed by atoms with Crippen LogP contribution in [-0.4, -0.2) is 12.5 Å². The minimum atomic E-state index is -0.523. The standard InChI is InChI=1S/C15H13ClFNO2/c16-13-8-12(6-7-14(13)17)18-15(19)10-20-9-11-4-2-1-3-5-11/h1-8H,9-10H2,(H,18,19). The number of benzene rings is 2. The van der Waals surface area contributed by atoms with E-state index in [1.807, 2.05) is 30.3 Å². The van der Waals surface area contributed by atoms with Crippen LogP contribution >= 0.6 is 11.6 Å². The van der Waals surface area contributed by atoms with Gasteiger partial charge >= 0.3 is 0 Å². The SMILES string of the molecule is O=C(COCc1ccccc1)Nc1ccc(F)c(Cl)c1. The second-order valence-corrected chi connectivity index (χ2v) is 4.56. The predicted molar refractivity (Wildman–Crippen MR) is 76.1 cm³/mol. The maximum absolute atomic E-state index is 13.0. The van der Waals surface area contributed by atoms with E-state index in [-0.39, 0.29) is 17.5 Å². The van der Waals surface area contributed by atoms with E-state index < -0.39 is 5.82 Å². The largest absolute Gasteiger partial charge is 0.367 e. The van der Waals surface area contributed by atoms with Gasteiger partial charge in [0.1, 0.15) is 12.4 Å². The summed E-state index contributed by atoms with van der Waals surface area (Å²) in [7, 11) is 0. The average Bonchev–Trinajstić information content (AvgIpc) is 2.44. The van der Waals surface area contributed by atoms with Gasteiger partial charge in [-0.3, -0.25) is 4.79 Å². The molecule has 0 aliphatic carbocycles. The topological polar surface area (TPSA) is 38.3 Å². The highest BCUT2D eigenvalue weighted by Gasteiger charge is 2.05. The summed E-state index contributed by atoms with van der Waals surface area (Å²) in [5.41, 5.74) is 1.43. The Bertz CT molecular complexity index is 590. The Hall–Kier alpha value is -1.91. The first-order valence-corrected chi connectivity index (χ1v) is 6.39. The first-order chi connectivity index (χ1) is 9.65. The van der Waals surface area contributed by atoms with Crippen molar-refractivity contribution >= 4 is 23.2 Å². The highest BCUT2D eigenvalue weighted by Crippen LogP contribution is 2.19. The number of amides is 1. The summed E-state index contributed by atoms with van der Waals surface area (Å²) in [5, 5.41) is 2.55. The zero-order valence-electron chi connectivity index (χ0n) is 10.6. The molecule has 0 bridgehead atoms. The van der Waals surface area contributed by atoms with E-state index >= 15 is 0 Å². The van der Waals surface area contributed by atoms with Gasteiger partial charge in [0.25, 0.3) is 0 Å². The molecule has 0 atom stereocenters. The Morgan fingerprint density at radius 3 is 2.65 bits per heavy atom. The molecule has 0 radical (unpaired) electrons. The maximum Gasteiger partial charge on any atom is 0.250 e. The van der Waals surface area contributed by atoms with Gasteiger partial charge in [0, 0.05) is 5.69 Å². The minimum absolute atomic E-state index is 0.0343. The van der Waals surface area contributed by atoms with E-state index in [1.165, 1.54) is 18.2 Å². The number of anilines is 1. The van der Waals surface area contributed by atoms with Crippen LogP contribution in [0.1, 0.15) is 5.56 Å². The van der Waals surface area contributed by atoms with Crippen molar-refractivity contribution in [3.05, 3.63) is 64.9 Å². The Balaban J connectivity index is 1.79. The minimum Gasteiger partial charge on any atom is -0.367 e. The summed E-state index contributed by atoms with van der Waals surface area (Å²) in [6.07, 6.45) is 0. The van der Waals surface area contributed by atoms with E-state index in [2.05, 4.69) is 5.32 Å². The van der Waals surface area contributed by atoms with Crippen molar-refractivity contribution in [1.29, 1.82) is 0 Å². The van der Waals surface area contributed by atoms with Gasteiger partial charge in [-0.15, -0.1) is 0 Å². The molecule has 0 heterocycles. The molecule has 1 N–H and O–H groups in total. The summed E-state index contributed by atoms with van der Waals surface area (Å²) < 4.78 is 18.2. The summed E-state index contributed by atoms with van der Waals surface area (Å²) in [5.74, 6) is -0.839. The Morgan fingerprint density at radius 1 is 1.20 bits per heavy atom. The summed E-state index contributed by atoms with van der Waals surface area (Å²) in [6.45, 7) is 0.280. The predicted octanol–water partition coefficient (Wildman–Crippen LogP) is 3.63. The van der Waals surface area contributed by atoms with E-state index in [0.29, 0.717) is 12.3 Å². The fourth-order valence-electron chi connectivity index (χ4n) is 1.61. The molecule has 0 fully saturated rings. The van der Waals surface area contributed by atoms with Crippen molar-refractivity contribution in [1.82, 2.24) is 0 Å². The third-order valence-corrected chi connectivity index (χ3v) is 2.84. The lowest BCUT2D eigenvalue weighted by atomic mass is 10.2. The molecule has 0 aliphatic rings. The van der Waals surface area contributed by atoms with Crippen molar-refractivity contribution in [2.75, 3.05) is 11.9 Å². The number of rotatable bonds is 5. The molecule has 0 aromatic heterocycles. The smallest absolute Gasteiger partial charge is 0.250 e. The van der Waals surface area contributed by atoms with Crippen molar-refractivity contribution < 1.29 is 13.9 Å². The molecule has 0 saturated carbocycles. The van der Waals surface area contributed by atoms with E-state index in [9.17, 15) is 9.18 Å². The second kappa shape index (κ2) is 7.03. The van der Waals surface area contributed by atoms with Crippen molar-refractivity contribution in [2.45, 2.75) is 6.61 Å². The van der Waals surface area contributed by atoms with Crippen LogP contribution < -0.4 is 5.32 Å². The molecule has 104 valence electrons. The van der Waals surface area contributed by atoms with E-state index in [0.717, 1.165) is 5.56 Å². The van der Waals surface area contributed by atoms with Crippen LogP contribution in [-0.2, 0) is 16.1 Å². The molecule has 0 unspecified atom stereocenters. The van der Waals surface area contributed by atoms with E-state index in [1.54, 1.807) is 0 Å². The molecule has 2 rings (SSSR count). The number of nitrogens with one attached hydrogen (secondary N) is 1. The van der Waals surface area contributed by atoms with Gasteiger partial charge in [-0.25, -0.2) is 4.39 Å². The molecule has 2 aromatic carbocycles. The van der Waals surface area contributed by atoms with Crippen LogP contribution in [0.4, 0.5) is 10.1 Å². The fraction of sp³-hybridized carbons (Fsp3) is 0.133. The number of hydrogen-bond donors (Lipinski definition) is 1. The van der Waals surface area contributed by atoms with Gasteiger partial charge in [0.15, 0.2) is 0 Å². The zero-order chi connectivity index (χ0) is 14.4. The van der Waals surface area contributed by atoms with Gasteiger partial charge in [0.2, 0.25) is 5.91 Å². The first kappa shape index (κ1) is 14.5. The molecule has 1 amide bonds. The summed E-state index contributed by atoms with van der Waals surface area (Å²) in [6, 6.07) is 13.5. The molecule has 2 aromatic rings. The number of halogens is 2. The van der Waals surface area contributed by atoms with Gasteiger partial charge in [-0.1, -0.05) is 41.9 Å². The summed E-state index contributed by atoms with van der Waals surface area (Å²) >= 11 is 5.62. The quantitative estimate of drug-likeness (QED) is 0.914.